The summed E-state index contributed by atoms with van der Waals surface area (Å²) in [4.78, 5) is 15.5. The zero-order valence-electron chi connectivity index (χ0n) is 11.0. The van der Waals surface area contributed by atoms with Crippen molar-refractivity contribution in [1.82, 2.24) is 15.1 Å². The van der Waals surface area contributed by atoms with E-state index in [1.54, 1.807) is 12.1 Å². The lowest BCUT2D eigenvalue weighted by Gasteiger charge is -2.36. The van der Waals surface area contributed by atoms with Crippen molar-refractivity contribution in [3.05, 3.63) is 35.1 Å². The molecule has 0 aliphatic carbocycles. The van der Waals surface area contributed by atoms with Gasteiger partial charge in [0.2, 0.25) is 0 Å². The molecule has 6 heteroatoms. The largest absolute Gasteiger partial charge is 0.336 e. The number of rotatable bonds is 2. The Kier molecular flexibility index (Phi) is 3.28. The quantitative estimate of drug-likeness (QED) is 0.872. The van der Waals surface area contributed by atoms with E-state index in [4.69, 9.17) is 5.26 Å². The minimum atomic E-state index is -0.341. The number of nitrogens with zero attached hydrogens (tertiary/aromatic N) is 3. The van der Waals surface area contributed by atoms with E-state index in [2.05, 4.69) is 10.2 Å². The number of halogens is 1. The zero-order valence-corrected chi connectivity index (χ0v) is 11.0. The van der Waals surface area contributed by atoms with E-state index >= 15 is 0 Å². The Balaban J connectivity index is 1.67. The monoisotopic (exact) mass is 274 g/mol. The van der Waals surface area contributed by atoms with E-state index in [-0.39, 0.29) is 17.9 Å². The van der Waals surface area contributed by atoms with Gasteiger partial charge in [0.25, 0.3) is 0 Å². The number of piperazine rings is 1. The van der Waals surface area contributed by atoms with Crippen molar-refractivity contribution in [2.75, 3.05) is 26.2 Å². The molecule has 1 unspecified atom stereocenters. The van der Waals surface area contributed by atoms with Gasteiger partial charge in [-0.25, -0.2) is 9.18 Å². The molecule has 0 aromatic heterocycles. The van der Waals surface area contributed by atoms with Crippen molar-refractivity contribution in [2.45, 2.75) is 12.6 Å². The maximum absolute atomic E-state index is 13.9. The SMILES string of the molecule is N#Cc1ccc(CN2CCN3C(=O)NCC3C2)c(F)c1. The summed E-state index contributed by atoms with van der Waals surface area (Å²) in [6.45, 7) is 3.33. The Morgan fingerprint density at radius 1 is 1.45 bits per heavy atom. The first-order valence-electron chi connectivity index (χ1n) is 6.63. The van der Waals surface area contributed by atoms with Crippen LogP contribution in [-0.2, 0) is 6.54 Å². The fraction of sp³-hybridized carbons (Fsp3) is 0.429. The predicted octanol–water partition coefficient (Wildman–Crippen LogP) is 0.907. The minimum Gasteiger partial charge on any atom is -0.336 e. The lowest BCUT2D eigenvalue weighted by atomic mass is 10.1. The fourth-order valence-electron chi connectivity index (χ4n) is 2.80. The van der Waals surface area contributed by atoms with E-state index in [1.807, 2.05) is 11.0 Å². The molecule has 0 bridgehead atoms. The first-order chi connectivity index (χ1) is 9.67. The van der Waals surface area contributed by atoms with Crippen LogP contribution in [0.3, 0.4) is 0 Å². The van der Waals surface area contributed by atoms with Crippen molar-refractivity contribution < 1.29 is 9.18 Å². The number of hydrogen-bond donors (Lipinski definition) is 1. The summed E-state index contributed by atoms with van der Waals surface area (Å²) in [6.07, 6.45) is 0. The molecule has 0 spiro atoms. The Morgan fingerprint density at radius 3 is 3.05 bits per heavy atom. The molecule has 20 heavy (non-hydrogen) atoms. The standard InChI is InChI=1S/C14H15FN4O/c15-13-5-10(6-16)1-2-11(13)8-18-3-4-19-12(9-18)7-17-14(19)20/h1-2,5,12H,3-4,7-9H2,(H,17,20). The van der Waals surface area contributed by atoms with Gasteiger partial charge < -0.3 is 10.2 Å². The second-order valence-corrected chi connectivity index (χ2v) is 5.19. The van der Waals surface area contributed by atoms with Crippen LogP contribution in [0.25, 0.3) is 0 Å². The zero-order chi connectivity index (χ0) is 14.1. The average Bonchev–Trinajstić information content (AvgIpc) is 2.82. The molecular formula is C14H15FN4O. The lowest BCUT2D eigenvalue weighted by Crippen LogP contribution is -2.51. The molecule has 0 radical (unpaired) electrons. The van der Waals surface area contributed by atoms with Crippen LogP contribution in [0.1, 0.15) is 11.1 Å². The van der Waals surface area contributed by atoms with E-state index in [9.17, 15) is 9.18 Å². The third-order valence-electron chi connectivity index (χ3n) is 3.89. The van der Waals surface area contributed by atoms with Crippen LogP contribution in [0.15, 0.2) is 18.2 Å². The molecule has 2 amide bonds. The van der Waals surface area contributed by atoms with Gasteiger partial charge in [-0.15, -0.1) is 0 Å². The third kappa shape index (κ3) is 2.32. The highest BCUT2D eigenvalue weighted by atomic mass is 19.1. The number of benzene rings is 1. The van der Waals surface area contributed by atoms with Gasteiger partial charge in [-0.2, -0.15) is 5.26 Å². The van der Waals surface area contributed by atoms with Crippen LogP contribution in [0.2, 0.25) is 0 Å². The van der Waals surface area contributed by atoms with Gasteiger partial charge in [-0.1, -0.05) is 6.07 Å². The number of carbonyl (C=O) groups excluding carboxylic acids is 1. The van der Waals surface area contributed by atoms with Gasteiger partial charge in [-0.05, 0) is 12.1 Å². The number of fused-ring (bicyclic) bond motifs is 1. The Hall–Kier alpha value is -2.13. The molecule has 1 atom stereocenters. The highest BCUT2D eigenvalue weighted by Crippen LogP contribution is 2.18. The van der Waals surface area contributed by atoms with Gasteiger partial charge >= 0.3 is 6.03 Å². The van der Waals surface area contributed by atoms with Gasteiger partial charge in [0, 0.05) is 38.3 Å². The topological polar surface area (TPSA) is 59.4 Å². The lowest BCUT2D eigenvalue weighted by molar-refractivity contribution is 0.116. The number of carbonyl (C=O) groups is 1. The second kappa shape index (κ2) is 5.10. The first kappa shape index (κ1) is 12.9. The van der Waals surface area contributed by atoms with Crippen molar-refractivity contribution >= 4 is 6.03 Å². The van der Waals surface area contributed by atoms with Crippen molar-refractivity contribution in [2.24, 2.45) is 0 Å². The number of hydrogen-bond acceptors (Lipinski definition) is 3. The maximum atomic E-state index is 13.9. The van der Waals surface area contributed by atoms with E-state index in [1.165, 1.54) is 6.07 Å². The molecular weight excluding hydrogens is 259 g/mol. The summed E-state index contributed by atoms with van der Waals surface area (Å²) in [6, 6.07) is 6.67. The smallest absolute Gasteiger partial charge is 0.317 e. The van der Waals surface area contributed by atoms with Gasteiger partial charge in [0.15, 0.2) is 0 Å². The molecule has 0 saturated carbocycles. The van der Waals surface area contributed by atoms with Crippen LogP contribution in [0.5, 0.6) is 0 Å². The molecule has 2 aliphatic heterocycles. The summed E-state index contributed by atoms with van der Waals surface area (Å²) in [5.41, 5.74) is 0.927. The average molecular weight is 274 g/mol. The normalized spacial score (nSPS) is 22.3. The highest BCUT2D eigenvalue weighted by molar-refractivity contribution is 5.77. The van der Waals surface area contributed by atoms with Crippen LogP contribution in [0, 0.1) is 17.1 Å². The van der Waals surface area contributed by atoms with E-state index in [0.717, 1.165) is 13.1 Å². The molecule has 2 saturated heterocycles. The van der Waals surface area contributed by atoms with Crippen LogP contribution in [-0.4, -0.2) is 48.1 Å². The molecule has 104 valence electrons. The summed E-state index contributed by atoms with van der Waals surface area (Å²) >= 11 is 0. The molecule has 2 aliphatic rings. The van der Waals surface area contributed by atoms with Crippen molar-refractivity contribution in [3.63, 3.8) is 0 Å². The third-order valence-corrected chi connectivity index (χ3v) is 3.89. The summed E-state index contributed by atoms with van der Waals surface area (Å²) in [7, 11) is 0. The summed E-state index contributed by atoms with van der Waals surface area (Å²) in [5, 5.41) is 11.6. The molecule has 1 aromatic rings. The van der Waals surface area contributed by atoms with Gasteiger partial charge in [0.1, 0.15) is 5.82 Å². The van der Waals surface area contributed by atoms with E-state index in [0.29, 0.717) is 30.8 Å². The number of urea groups is 1. The number of nitriles is 1. The van der Waals surface area contributed by atoms with Crippen LogP contribution < -0.4 is 5.32 Å². The molecule has 2 fully saturated rings. The first-order valence-corrected chi connectivity index (χ1v) is 6.63. The van der Waals surface area contributed by atoms with Crippen molar-refractivity contribution in [1.29, 1.82) is 5.26 Å². The molecule has 1 N–H and O–H groups in total. The number of amides is 2. The second-order valence-electron chi connectivity index (χ2n) is 5.19. The van der Waals surface area contributed by atoms with E-state index < -0.39 is 0 Å². The molecule has 5 nitrogen and oxygen atoms in total. The summed E-state index contributed by atoms with van der Waals surface area (Å²) < 4.78 is 13.9. The summed E-state index contributed by atoms with van der Waals surface area (Å²) in [5.74, 6) is -0.341. The highest BCUT2D eigenvalue weighted by Gasteiger charge is 2.35. The fourth-order valence-corrected chi connectivity index (χ4v) is 2.80. The minimum absolute atomic E-state index is 0.000737. The van der Waals surface area contributed by atoms with Crippen LogP contribution in [0.4, 0.5) is 9.18 Å². The van der Waals surface area contributed by atoms with Crippen molar-refractivity contribution in [3.8, 4) is 6.07 Å². The van der Waals surface area contributed by atoms with Gasteiger partial charge in [-0.3, -0.25) is 4.90 Å². The number of nitrogens with one attached hydrogen (secondary N) is 1. The maximum Gasteiger partial charge on any atom is 0.317 e. The predicted molar refractivity (Wildman–Crippen MR) is 70.3 cm³/mol. The Morgan fingerprint density at radius 2 is 2.30 bits per heavy atom. The van der Waals surface area contributed by atoms with Crippen LogP contribution >= 0.6 is 0 Å². The molecule has 2 heterocycles. The Labute approximate surface area is 116 Å². The molecule has 1 aromatic carbocycles. The molecule has 3 rings (SSSR count). The van der Waals surface area contributed by atoms with Gasteiger partial charge in [0.05, 0.1) is 17.7 Å². The Bertz CT molecular complexity index is 583.